The van der Waals surface area contributed by atoms with Crippen LogP contribution in [0.4, 0.5) is 5.69 Å². The predicted molar refractivity (Wildman–Crippen MR) is 117 cm³/mol. The minimum atomic E-state index is -3.86. The van der Waals surface area contributed by atoms with Crippen LogP contribution in [0.5, 0.6) is 0 Å². The van der Waals surface area contributed by atoms with Crippen LogP contribution in [0.3, 0.4) is 0 Å². The van der Waals surface area contributed by atoms with Crippen molar-refractivity contribution in [3.63, 3.8) is 0 Å². The molecule has 2 aromatic carbocycles. The van der Waals surface area contributed by atoms with E-state index in [4.69, 9.17) is 4.42 Å². The summed E-state index contributed by atoms with van der Waals surface area (Å²) in [7, 11) is -3.86. The van der Waals surface area contributed by atoms with Crippen LogP contribution in [-0.2, 0) is 22.9 Å². The molecule has 0 aliphatic heterocycles. The Bertz CT molecular complexity index is 1240. The number of sulfonamides is 1. The van der Waals surface area contributed by atoms with Gasteiger partial charge >= 0.3 is 0 Å². The van der Waals surface area contributed by atoms with E-state index in [-0.39, 0.29) is 15.9 Å². The lowest BCUT2D eigenvalue weighted by molar-refractivity contribution is -0.255. The van der Waals surface area contributed by atoms with Gasteiger partial charge in [-0.2, -0.15) is 0 Å². The van der Waals surface area contributed by atoms with Crippen LogP contribution in [-0.4, -0.2) is 14.4 Å². The second-order valence-electron chi connectivity index (χ2n) is 8.91. The average Bonchev–Trinajstić information content (AvgIpc) is 3.10. The molecule has 4 rings (SSSR count). The Labute approximate surface area is 182 Å². The monoisotopic (exact) mass is 440 g/mol. The molecule has 1 atom stereocenters. The molecule has 1 aliphatic rings. The molecule has 0 saturated heterocycles. The third-order valence-corrected chi connectivity index (χ3v) is 8.11. The molecular weight excluding hydrogens is 414 g/mol. The van der Waals surface area contributed by atoms with Gasteiger partial charge < -0.3 is 14.3 Å². The Morgan fingerprint density at radius 2 is 1.90 bits per heavy atom. The number of carbonyl (C=O) groups excluding carboxylic acids is 1. The Hall–Kier alpha value is -2.80. The first-order valence-corrected chi connectivity index (χ1v) is 12.0. The number of hydrogen-bond donors (Lipinski definition) is 1. The normalized spacial score (nSPS) is 16.8. The van der Waals surface area contributed by atoms with E-state index in [1.54, 1.807) is 12.1 Å². The Morgan fingerprint density at radius 3 is 2.55 bits per heavy atom. The van der Waals surface area contributed by atoms with E-state index < -0.39 is 16.0 Å². The van der Waals surface area contributed by atoms with Crippen molar-refractivity contribution in [2.24, 2.45) is 11.3 Å². The molecule has 1 heterocycles. The Morgan fingerprint density at radius 1 is 1.19 bits per heavy atom. The fourth-order valence-electron chi connectivity index (χ4n) is 4.28. The SMILES string of the molecule is CCC(C)(C)[C@@H]1CCc2oc3ccc(NS(=O)(=O)c4ccc(C(=O)[O-])cc4)cc3c2C1. The molecule has 164 valence electrons. The van der Waals surface area contributed by atoms with Gasteiger partial charge in [-0.3, -0.25) is 4.72 Å². The summed E-state index contributed by atoms with van der Waals surface area (Å²) in [6.45, 7) is 6.82. The highest BCUT2D eigenvalue weighted by molar-refractivity contribution is 7.92. The number of aryl methyl sites for hydroxylation is 1. The largest absolute Gasteiger partial charge is 0.545 e. The average molecular weight is 441 g/mol. The molecule has 0 amide bonds. The molecule has 1 N–H and O–H groups in total. The molecule has 0 spiro atoms. The first kappa shape index (κ1) is 21.4. The van der Waals surface area contributed by atoms with Crippen molar-refractivity contribution < 1.29 is 22.7 Å². The summed E-state index contributed by atoms with van der Waals surface area (Å²) < 4.78 is 34.2. The van der Waals surface area contributed by atoms with Gasteiger partial charge in [0.25, 0.3) is 10.0 Å². The van der Waals surface area contributed by atoms with Gasteiger partial charge in [0.1, 0.15) is 11.3 Å². The maximum absolute atomic E-state index is 12.8. The van der Waals surface area contributed by atoms with Crippen molar-refractivity contribution in [1.29, 1.82) is 0 Å². The number of carboxylic acid groups (broad SMARTS) is 1. The van der Waals surface area contributed by atoms with Crippen LogP contribution in [0, 0.1) is 11.3 Å². The molecule has 0 radical (unpaired) electrons. The lowest BCUT2D eigenvalue weighted by atomic mass is 9.69. The van der Waals surface area contributed by atoms with Crippen LogP contribution in [0.2, 0.25) is 0 Å². The van der Waals surface area contributed by atoms with Crippen LogP contribution in [0.15, 0.2) is 51.8 Å². The molecule has 1 aromatic heterocycles. The third-order valence-electron chi connectivity index (χ3n) is 6.71. The number of nitrogens with one attached hydrogen (secondary N) is 1. The van der Waals surface area contributed by atoms with Crippen LogP contribution < -0.4 is 9.83 Å². The maximum atomic E-state index is 12.8. The zero-order valence-corrected chi connectivity index (χ0v) is 18.7. The van der Waals surface area contributed by atoms with Gasteiger partial charge in [0.2, 0.25) is 0 Å². The molecule has 31 heavy (non-hydrogen) atoms. The smallest absolute Gasteiger partial charge is 0.261 e. The summed E-state index contributed by atoms with van der Waals surface area (Å²) >= 11 is 0. The molecule has 0 bridgehead atoms. The fraction of sp³-hybridized carbons (Fsp3) is 0.375. The van der Waals surface area contributed by atoms with Gasteiger partial charge in [-0.15, -0.1) is 0 Å². The van der Waals surface area contributed by atoms with Gasteiger partial charge in [-0.25, -0.2) is 8.42 Å². The van der Waals surface area contributed by atoms with Gasteiger partial charge in [0.15, 0.2) is 0 Å². The minimum Gasteiger partial charge on any atom is -0.545 e. The summed E-state index contributed by atoms with van der Waals surface area (Å²) in [6, 6.07) is 10.2. The number of furan rings is 1. The molecule has 0 saturated carbocycles. The second kappa shape index (κ2) is 7.71. The van der Waals surface area contributed by atoms with E-state index in [0.29, 0.717) is 11.6 Å². The standard InChI is InChI=1S/C24H27NO5S/c1-4-24(2,3)16-7-11-21-19(13-16)20-14-17(8-12-22(20)30-21)25-31(28,29)18-9-5-15(6-10-18)23(26)27/h5-6,8-10,12,14,16,25H,4,7,11,13H2,1-3H3,(H,26,27)/p-1/t16-/m1/s1. The number of benzene rings is 2. The van der Waals surface area contributed by atoms with Gasteiger partial charge in [0, 0.05) is 23.1 Å². The maximum Gasteiger partial charge on any atom is 0.261 e. The summed E-state index contributed by atoms with van der Waals surface area (Å²) in [5, 5.41) is 11.8. The van der Waals surface area contributed by atoms with Crippen LogP contribution in [0.25, 0.3) is 11.0 Å². The molecular formula is C24H26NO5S-. The van der Waals surface area contributed by atoms with Crippen molar-refractivity contribution in [1.82, 2.24) is 0 Å². The molecule has 1 aliphatic carbocycles. The lowest BCUT2D eigenvalue weighted by Crippen LogP contribution is -2.28. The number of fused-ring (bicyclic) bond motifs is 3. The fourth-order valence-corrected chi connectivity index (χ4v) is 5.33. The lowest BCUT2D eigenvalue weighted by Gasteiger charge is -2.36. The van der Waals surface area contributed by atoms with Gasteiger partial charge in [-0.05, 0) is 60.1 Å². The summed E-state index contributed by atoms with van der Waals surface area (Å²) in [5.74, 6) is 0.195. The van der Waals surface area contributed by atoms with E-state index in [1.807, 2.05) is 6.07 Å². The van der Waals surface area contributed by atoms with Crippen molar-refractivity contribution in [2.45, 2.75) is 51.3 Å². The van der Waals surface area contributed by atoms with E-state index >= 15 is 0 Å². The van der Waals surface area contributed by atoms with Gasteiger partial charge in [0.05, 0.1) is 10.9 Å². The zero-order valence-electron chi connectivity index (χ0n) is 17.9. The van der Waals surface area contributed by atoms with Crippen molar-refractivity contribution in [3.05, 3.63) is 59.4 Å². The predicted octanol–water partition coefficient (Wildman–Crippen LogP) is 4.14. The highest BCUT2D eigenvalue weighted by Gasteiger charge is 2.33. The second-order valence-corrected chi connectivity index (χ2v) is 10.6. The molecule has 3 aromatic rings. The molecule has 6 nitrogen and oxygen atoms in total. The Kier molecular flexibility index (Phi) is 5.33. The van der Waals surface area contributed by atoms with E-state index in [9.17, 15) is 18.3 Å². The number of rotatable bonds is 6. The van der Waals surface area contributed by atoms with Gasteiger partial charge in [-0.1, -0.05) is 39.3 Å². The number of anilines is 1. The summed E-state index contributed by atoms with van der Waals surface area (Å²) in [4.78, 5) is 10.9. The van der Waals surface area contributed by atoms with E-state index in [0.717, 1.165) is 42.4 Å². The van der Waals surface area contributed by atoms with E-state index in [2.05, 4.69) is 25.5 Å². The van der Waals surface area contributed by atoms with Crippen molar-refractivity contribution in [3.8, 4) is 0 Å². The first-order chi connectivity index (χ1) is 14.6. The number of carboxylic acids is 1. The minimum absolute atomic E-state index is 0.0171. The molecule has 0 unspecified atom stereocenters. The topological polar surface area (TPSA) is 99.4 Å². The van der Waals surface area contributed by atoms with Crippen LogP contribution >= 0.6 is 0 Å². The number of carbonyl (C=O) groups is 1. The summed E-state index contributed by atoms with van der Waals surface area (Å²) in [6.07, 6.45) is 4.01. The summed E-state index contributed by atoms with van der Waals surface area (Å²) in [5.41, 5.74) is 2.54. The zero-order chi connectivity index (χ0) is 22.4. The quantitative estimate of drug-likeness (QED) is 0.621. The molecule has 7 heteroatoms. The van der Waals surface area contributed by atoms with Crippen LogP contribution in [0.1, 0.15) is 55.3 Å². The van der Waals surface area contributed by atoms with Crippen molar-refractivity contribution in [2.75, 3.05) is 4.72 Å². The molecule has 0 fully saturated rings. The Balaban J connectivity index is 1.64. The highest BCUT2D eigenvalue weighted by atomic mass is 32.2. The number of hydrogen-bond acceptors (Lipinski definition) is 5. The van der Waals surface area contributed by atoms with E-state index in [1.165, 1.54) is 29.8 Å². The highest BCUT2D eigenvalue weighted by Crippen LogP contribution is 2.43. The van der Waals surface area contributed by atoms with Crippen molar-refractivity contribution >= 4 is 32.6 Å². The third kappa shape index (κ3) is 4.06. The first-order valence-electron chi connectivity index (χ1n) is 10.5. The number of aromatic carboxylic acids is 1.